The Morgan fingerprint density at radius 1 is 1.58 bits per heavy atom. The lowest BCUT2D eigenvalue weighted by molar-refractivity contribution is -0.120. The number of rotatable bonds is 4. The molecule has 6 heteroatoms. The molecule has 1 aromatic rings. The van der Waals surface area contributed by atoms with Crippen LogP contribution in [0.4, 0.5) is 5.69 Å². The number of hydrogen-bond donors (Lipinski definition) is 2. The van der Waals surface area contributed by atoms with E-state index in [2.05, 4.69) is 10.3 Å². The maximum absolute atomic E-state index is 12.1. The quantitative estimate of drug-likeness (QED) is 0.840. The maximum Gasteiger partial charge on any atom is 0.238 e. The van der Waals surface area contributed by atoms with E-state index >= 15 is 0 Å². The number of nitrogens with zero attached hydrogens (tertiary/aromatic N) is 1. The number of hydrogen-bond acceptors (Lipinski definition) is 5. The van der Waals surface area contributed by atoms with Gasteiger partial charge >= 0.3 is 0 Å². The van der Waals surface area contributed by atoms with Crippen LogP contribution in [0.3, 0.4) is 0 Å². The second-order valence-electron chi connectivity index (χ2n) is 4.82. The van der Waals surface area contributed by atoms with Gasteiger partial charge in [0.1, 0.15) is 5.69 Å². The number of nitrogens with two attached hydrogens (primary N) is 1. The minimum absolute atomic E-state index is 0.0115. The third kappa shape index (κ3) is 3.42. The standard InChI is InChI=1S/C13H19N3O3/c1-8(2)19-13-11(4-3-5-15-13)16-12(17)9-6-18-7-10(9)14/h3-5,8-10H,6-7,14H2,1-2H3,(H,16,17). The average molecular weight is 265 g/mol. The Kier molecular flexibility index (Phi) is 4.34. The monoisotopic (exact) mass is 265 g/mol. The van der Waals surface area contributed by atoms with Gasteiger partial charge in [-0.25, -0.2) is 4.98 Å². The van der Waals surface area contributed by atoms with Crippen molar-refractivity contribution in [3.05, 3.63) is 18.3 Å². The summed E-state index contributed by atoms with van der Waals surface area (Å²) in [5.41, 5.74) is 6.38. The molecule has 19 heavy (non-hydrogen) atoms. The summed E-state index contributed by atoms with van der Waals surface area (Å²) in [6.07, 6.45) is 1.61. The summed E-state index contributed by atoms with van der Waals surface area (Å²) in [6, 6.07) is 3.24. The van der Waals surface area contributed by atoms with Gasteiger partial charge < -0.3 is 20.5 Å². The van der Waals surface area contributed by atoms with Crippen LogP contribution in [0.5, 0.6) is 5.88 Å². The summed E-state index contributed by atoms with van der Waals surface area (Å²) in [5.74, 6) is -0.0722. The molecule has 2 heterocycles. The lowest BCUT2D eigenvalue weighted by Gasteiger charge is -2.16. The van der Waals surface area contributed by atoms with Crippen LogP contribution in [0.25, 0.3) is 0 Å². The van der Waals surface area contributed by atoms with Crippen LogP contribution < -0.4 is 15.8 Å². The Balaban J connectivity index is 2.08. The molecule has 0 radical (unpaired) electrons. The minimum atomic E-state index is -0.327. The molecule has 0 spiro atoms. The molecule has 3 N–H and O–H groups in total. The maximum atomic E-state index is 12.1. The van der Waals surface area contributed by atoms with E-state index in [-0.39, 0.29) is 24.0 Å². The normalized spacial score (nSPS) is 22.5. The first-order valence-electron chi connectivity index (χ1n) is 6.33. The van der Waals surface area contributed by atoms with Crippen molar-refractivity contribution in [2.45, 2.75) is 26.0 Å². The van der Waals surface area contributed by atoms with Crippen LogP contribution in [0.2, 0.25) is 0 Å². The Hall–Kier alpha value is -1.66. The van der Waals surface area contributed by atoms with E-state index in [4.69, 9.17) is 15.2 Å². The summed E-state index contributed by atoms with van der Waals surface area (Å²) < 4.78 is 10.7. The molecule has 1 aliphatic rings. The molecule has 1 saturated heterocycles. The number of aromatic nitrogens is 1. The van der Waals surface area contributed by atoms with Gasteiger partial charge in [-0.05, 0) is 26.0 Å². The van der Waals surface area contributed by atoms with Crippen LogP contribution in [-0.2, 0) is 9.53 Å². The highest BCUT2D eigenvalue weighted by molar-refractivity contribution is 5.94. The topological polar surface area (TPSA) is 86.5 Å². The molecule has 1 aliphatic heterocycles. The number of carbonyl (C=O) groups excluding carboxylic acids is 1. The fraction of sp³-hybridized carbons (Fsp3) is 0.538. The van der Waals surface area contributed by atoms with Crippen LogP contribution >= 0.6 is 0 Å². The molecule has 0 saturated carbocycles. The first kappa shape index (κ1) is 13.8. The van der Waals surface area contributed by atoms with E-state index in [1.165, 1.54) is 0 Å². The van der Waals surface area contributed by atoms with E-state index < -0.39 is 0 Å². The van der Waals surface area contributed by atoms with Gasteiger partial charge in [-0.15, -0.1) is 0 Å². The van der Waals surface area contributed by atoms with Crippen molar-refractivity contribution in [1.82, 2.24) is 4.98 Å². The van der Waals surface area contributed by atoms with Crippen LogP contribution in [0.1, 0.15) is 13.8 Å². The molecule has 2 rings (SSSR count). The smallest absolute Gasteiger partial charge is 0.238 e. The zero-order valence-electron chi connectivity index (χ0n) is 11.1. The third-order valence-electron chi connectivity index (χ3n) is 2.84. The molecule has 2 atom stereocenters. The SMILES string of the molecule is CC(C)Oc1ncccc1NC(=O)C1COCC1N. The molecule has 1 amide bonds. The molecule has 1 fully saturated rings. The molecular formula is C13H19N3O3. The molecule has 6 nitrogen and oxygen atoms in total. The first-order valence-corrected chi connectivity index (χ1v) is 6.33. The molecule has 1 aromatic heterocycles. The highest BCUT2D eigenvalue weighted by Gasteiger charge is 2.31. The Bertz CT molecular complexity index is 451. The van der Waals surface area contributed by atoms with Crippen molar-refractivity contribution in [2.75, 3.05) is 18.5 Å². The summed E-state index contributed by atoms with van der Waals surface area (Å²) in [5, 5.41) is 2.80. The number of anilines is 1. The van der Waals surface area contributed by atoms with Gasteiger partial charge in [0.05, 0.1) is 25.2 Å². The van der Waals surface area contributed by atoms with Gasteiger partial charge in [0.25, 0.3) is 0 Å². The predicted octanol–water partition coefficient (Wildman–Crippen LogP) is 0.781. The van der Waals surface area contributed by atoms with Crippen LogP contribution in [0.15, 0.2) is 18.3 Å². The molecule has 2 unspecified atom stereocenters. The number of amides is 1. The summed E-state index contributed by atoms with van der Waals surface area (Å²) >= 11 is 0. The van der Waals surface area contributed by atoms with Gasteiger partial charge in [-0.1, -0.05) is 0 Å². The largest absolute Gasteiger partial charge is 0.473 e. The number of carbonyl (C=O) groups is 1. The molecule has 0 aromatic carbocycles. The van der Waals surface area contributed by atoms with Crippen molar-refractivity contribution < 1.29 is 14.3 Å². The van der Waals surface area contributed by atoms with Crippen molar-refractivity contribution in [3.63, 3.8) is 0 Å². The van der Waals surface area contributed by atoms with E-state index in [0.717, 1.165) is 0 Å². The van der Waals surface area contributed by atoms with Crippen molar-refractivity contribution in [2.24, 2.45) is 11.7 Å². The number of nitrogens with one attached hydrogen (secondary N) is 1. The Morgan fingerprint density at radius 2 is 2.37 bits per heavy atom. The highest BCUT2D eigenvalue weighted by atomic mass is 16.5. The van der Waals surface area contributed by atoms with Gasteiger partial charge in [-0.3, -0.25) is 4.79 Å². The van der Waals surface area contributed by atoms with Gasteiger partial charge in [0.15, 0.2) is 0 Å². The fourth-order valence-corrected chi connectivity index (χ4v) is 1.87. The van der Waals surface area contributed by atoms with Crippen molar-refractivity contribution in [1.29, 1.82) is 0 Å². The van der Waals surface area contributed by atoms with E-state index in [1.807, 2.05) is 13.8 Å². The van der Waals surface area contributed by atoms with E-state index in [0.29, 0.717) is 24.8 Å². The summed E-state index contributed by atoms with van der Waals surface area (Å²) in [7, 11) is 0. The summed E-state index contributed by atoms with van der Waals surface area (Å²) in [6.45, 7) is 4.58. The molecule has 0 bridgehead atoms. The lowest BCUT2D eigenvalue weighted by atomic mass is 10.0. The highest BCUT2D eigenvalue weighted by Crippen LogP contribution is 2.23. The van der Waals surface area contributed by atoms with Crippen LogP contribution in [-0.4, -0.2) is 36.3 Å². The second-order valence-corrected chi connectivity index (χ2v) is 4.82. The average Bonchev–Trinajstić information content (AvgIpc) is 2.77. The molecule has 0 aliphatic carbocycles. The zero-order chi connectivity index (χ0) is 13.8. The first-order chi connectivity index (χ1) is 9.08. The molecular weight excluding hydrogens is 246 g/mol. The van der Waals surface area contributed by atoms with Gasteiger partial charge in [0, 0.05) is 12.2 Å². The van der Waals surface area contributed by atoms with E-state index in [1.54, 1.807) is 18.3 Å². The molecule has 104 valence electrons. The number of pyridine rings is 1. The Labute approximate surface area is 112 Å². The van der Waals surface area contributed by atoms with Gasteiger partial charge in [-0.2, -0.15) is 0 Å². The minimum Gasteiger partial charge on any atom is -0.473 e. The fourth-order valence-electron chi connectivity index (χ4n) is 1.87. The predicted molar refractivity (Wildman–Crippen MR) is 70.9 cm³/mol. The zero-order valence-corrected chi connectivity index (χ0v) is 11.1. The Morgan fingerprint density at radius 3 is 3.00 bits per heavy atom. The number of ether oxygens (including phenoxy) is 2. The second kappa shape index (κ2) is 5.99. The van der Waals surface area contributed by atoms with Gasteiger partial charge in [0.2, 0.25) is 11.8 Å². The van der Waals surface area contributed by atoms with Crippen molar-refractivity contribution >= 4 is 11.6 Å². The van der Waals surface area contributed by atoms with E-state index in [9.17, 15) is 4.79 Å². The summed E-state index contributed by atoms with van der Waals surface area (Å²) in [4.78, 5) is 16.2. The third-order valence-corrected chi connectivity index (χ3v) is 2.84. The lowest BCUT2D eigenvalue weighted by Crippen LogP contribution is -2.37. The van der Waals surface area contributed by atoms with Crippen LogP contribution in [0, 0.1) is 5.92 Å². The van der Waals surface area contributed by atoms with Crippen molar-refractivity contribution in [3.8, 4) is 5.88 Å².